The molecule has 0 radical (unpaired) electrons. The van der Waals surface area contributed by atoms with Gasteiger partial charge in [-0.1, -0.05) is 62.4 Å². The van der Waals surface area contributed by atoms with Crippen molar-refractivity contribution in [2.75, 3.05) is 6.54 Å². The Kier molecular flexibility index (Phi) is 4.91. The van der Waals surface area contributed by atoms with Gasteiger partial charge >= 0.3 is 0 Å². The van der Waals surface area contributed by atoms with Crippen LogP contribution in [0.2, 0.25) is 0 Å². The average Bonchev–Trinajstić information content (AvgIpc) is 3.03. The fourth-order valence-electron chi connectivity index (χ4n) is 3.06. The Balaban J connectivity index is 1.61. The quantitative estimate of drug-likeness (QED) is 0.648. The maximum Gasteiger partial charge on any atom is 0.237 e. The lowest BCUT2D eigenvalue weighted by Gasteiger charge is -2.26. The molecule has 130 valence electrons. The zero-order valence-corrected chi connectivity index (χ0v) is 14.8. The standard InChI is InChI=1S/C21H25N3O/c1-21(2,16-8-4-3-5-9-16)14-24-20(25)18(22)12-15-13-23-19-11-7-6-10-17(15)19/h3-11,13,18,23H,12,14,22H2,1-2H3,(H,24,25)/t18-/m0/s1. The summed E-state index contributed by atoms with van der Waals surface area (Å²) in [4.78, 5) is 15.7. The van der Waals surface area contributed by atoms with Crippen LogP contribution < -0.4 is 11.1 Å². The minimum atomic E-state index is -0.564. The van der Waals surface area contributed by atoms with Gasteiger partial charge in [0.1, 0.15) is 0 Å². The molecule has 1 amide bonds. The van der Waals surface area contributed by atoms with Crippen LogP contribution in [-0.2, 0) is 16.6 Å². The van der Waals surface area contributed by atoms with Gasteiger partial charge in [-0.25, -0.2) is 0 Å². The van der Waals surface area contributed by atoms with Crippen molar-refractivity contribution in [3.63, 3.8) is 0 Å². The van der Waals surface area contributed by atoms with Crippen molar-refractivity contribution in [3.05, 3.63) is 71.9 Å². The Morgan fingerprint density at radius 1 is 1.12 bits per heavy atom. The fraction of sp³-hybridized carbons (Fsp3) is 0.286. The molecule has 3 aromatic rings. The molecule has 0 bridgehead atoms. The molecule has 0 saturated heterocycles. The van der Waals surface area contributed by atoms with Gasteiger partial charge in [0, 0.05) is 29.1 Å². The predicted octanol–water partition coefficient (Wildman–Crippen LogP) is 3.13. The number of aromatic nitrogens is 1. The summed E-state index contributed by atoms with van der Waals surface area (Å²) in [5.74, 6) is -0.116. The lowest BCUT2D eigenvalue weighted by atomic mass is 9.84. The third-order valence-corrected chi connectivity index (χ3v) is 4.71. The first-order valence-corrected chi connectivity index (χ1v) is 8.61. The van der Waals surface area contributed by atoms with Crippen molar-refractivity contribution in [2.45, 2.75) is 31.7 Å². The van der Waals surface area contributed by atoms with Gasteiger partial charge in [-0.2, -0.15) is 0 Å². The van der Waals surface area contributed by atoms with Gasteiger partial charge in [0.2, 0.25) is 5.91 Å². The molecular weight excluding hydrogens is 310 g/mol. The summed E-state index contributed by atoms with van der Waals surface area (Å²) in [6.45, 7) is 4.79. The highest BCUT2D eigenvalue weighted by atomic mass is 16.2. The average molecular weight is 335 g/mol. The number of carbonyl (C=O) groups is 1. The molecule has 0 fully saturated rings. The second-order valence-electron chi connectivity index (χ2n) is 7.14. The summed E-state index contributed by atoms with van der Waals surface area (Å²) in [6, 6.07) is 17.7. The van der Waals surface area contributed by atoms with Crippen LogP contribution >= 0.6 is 0 Å². The molecule has 2 aromatic carbocycles. The molecule has 1 atom stereocenters. The molecule has 0 saturated carbocycles. The van der Waals surface area contributed by atoms with Crippen LogP contribution in [0.3, 0.4) is 0 Å². The van der Waals surface area contributed by atoms with Crippen LogP contribution in [0.15, 0.2) is 60.8 Å². The monoisotopic (exact) mass is 335 g/mol. The van der Waals surface area contributed by atoms with E-state index in [0.717, 1.165) is 16.5 Å². The molecule has 0 aliphatic heterocycles. The maximum atomic E-state index is 12.4. The fourth-order valence-corrected chi connectivity index (χ4v) is 3.06. The smallest absolute Gasteiger partial charge is 0.237 e. The molecule has 4 N–H and O–H groups in total. The first-order valence-electron chi connectivity index (χ1n) is 8.61. The summed E-state index contributed by atoms with van der Waals surface area (Å²) in [6.07, 6.45) is 2.45. The molecular formula is C21H25N3O. The summed E-state index contributed by atoms with van der Waals surface area (Å²) in [7, 11) is 0. The molecule has 0 aliphatic rings. The lowest BCUT2D eigenvalue weighted by Crippen LogP contribution is -2.46. The minimum Gasteiger partial charge on any atom is -0.361 e. The number of fused-ring (bicyclic) bond motifs is 1. The number of nitrogens with one attached hydrogen (secondary N) is 2. The van der Waals surface area contributed by atoms with Crippen molar-refractivity contribution < 1.29 is 4.79 Å². The normalized spacial score (nSPS) is 12.9. The van der Waals surface area contributed by atoms with Gasteiger partial charge in [0.15, 0.2) is 0 Å². The molecule has 0 unspecified atom stereocenters. The third kappa shape index (κ3) is 3.91. The van der Waals surface area contributed by atoms with Crippen LogP contribution in [0.1, 0.15) is 25.0 Å². The molecule has 25 heavy (non-hydrogen) atoms. The van der Waals surface area contributed by atoms with Gasteiger partial charge in [-0.3, -0.25) is 4.79 Å². The number of amides is 1. The zero-order chi connectivity index (χ0) is 17.9. The van der Waals surface area contributed by atoms with E-state index in [4.69, 9.17) is 5.73 Å². The van der Waals surface area contributed by atoms with Crippen LogP contribution in [-0.4, -0.2) is 23.5 Å². The maximum absolute atomic E-state index is 12.4. The van der Waals surface area contributed by atoms with E-state index in [1.165, 1.54) is 5.56 Å². The number of carbonyl (C=O) groups excluding carboxylic acids is 1. The van der Waals surface area contributed by atoms with Crippen molar-refractivity contribution in [3.8, 4) is 0 Å². The number of H-pyrrole nitrogens is 1. The summed E-state index contributed by atoms with van der Waals surface area (Å²) < 4.78 is 0. The largest absolute Gasteiger partial charge is 0.361 e. The lowest BCUT2D eigenvalue weighted by molar-refractivity contribution is -0.122. The topological polar surface area (TPSA) is 70.9 Å². The first-order chi connectivity index (χ1) is 12.0. The minimum absolute atomic E-state index is 0.116. The van der Waals surface area contributed by atoms with Crippen LogP contribution in [0.4, 0.5) is 0 Å². The number of benzene rings is 2. The van der Waals surface area contributed by atoms with E-state index in [1.807, 2.05) is 48.7 Å². The summed E-state index contributed by atoms with van der Waals surface area (Å²) in [5, 5.41) is 4.13. The van der Waals surface area contributed by atoms with Gasteiger partial charge in [-0.15, -0.1) is 0 Å². The molecule has 3 rings (SSSR count). The molecule has 1 aromatic heterocycles. The number of para-hydroxylation sites is 1. The highest BCUT2D eigenvalue weighted by Gasteiger charge is 2.23. The first kappa shape index (κ1) is 17.2. The highest BCUT2D eigenvalue weighted by molar-refractivity contribution is 5.86. The van der Waals surface area contributed by atoms with E-state index >= 15 is 0 Å². The molecule has 0 spiro atoms. The molecule has 4 heteroatoms. The van der Waals surface area contributed by atoms with E-state index in [2.05, 4.69) is 36.3 Å². The summed E-state index contributed by atoms with van der Waals surface area (Å²) >= 11 is 0. The van der Waals surface area contributed by atoms with Gasteiger partial charge in [-0.05, 0) is 23.6 Å². The van der Waals surface area contributed by atoms with E-state index in [9.17, 15) is 4.79 Å². The van der Waals surface area contributed by atoms with Crippen LogP contribution in [0.25, 0.3) is 10.9 Å². The van der Waals surface area contributed by atoms with Crippen molar-refractivity contribution in [1.29, 1.82) is 0 Å². The predicted molar refractivity (Wildman–Crippen MR) is 102 cm³/mol. The Labute approximate surface area is 148 Å². The zero-order valence-electron chi connectivity index (χ0n) is 14.8. The van der Waals surface area contributed by atoms with Crippen molar-refractivity contribution in [1.82, 2.24) is 10.3 Å². The SMILES string of the molecule is CC(C)(CNC(=O)[C@@H](N)Cc1c[nH]c2ccccc12)c1ccccc1. The van der Waals surface area contributed by atoms with Crippen molar-refractivity contribution >= 4 is 16.8 Å². The number of rotatable bonds is 6. The van der Waals surface area contributed by atoms with E-state index in [1.54, 1.807) is 0 Å². The Morgan fingerprint density at radius 3 is 2.56 bits per heavy atom. The molecule has 4 nitrogen and oxygen atoms in total. The third-order valence-electron chi connectivity index (χ3n) is 4.71. The van der Waals surface area contributed by atoms with Gasteiger partial charge < -0.3 is 16.0 Å². The Morgan fingerprint density at radius 2 is 1.80 bits per heavy atom. The number of hydrogen-bond acceptors (Lipinski definition) is 2. The number of hydrogen-bond donors (Lipinski definition) is 3. The Bertz CT molecular complexity index is 852. The van der Waals surface area contributed by atoms with E-state index in [0.29, 0.717) is 13.0 Å². The van der Waals surface area contributed by atoms with Crippen LogP contribution in [0.5, 0.6) is 0 Å². The van der Waals surface area contributed by atoms with E-state index < -0.39 is 6.04 Å². The number of nitrogens with two attached hydrogens (primary N) is 1. The molecule has 1 heterocycles. The second-order valence-corrected chi connectivity index (χ2v) is 7.14. The second kappa shape index (κ2) is 7.11. The van der Waals surface area contributed by atoms with Gasteiger partial charge in [0.05, 0.1) is 6.04 Å². The van der Waals surface area contributed by atoms with Crippen LogP contribution in [0, 0.1) is 0 Å². The highest BCUT2D eigenvalue weighted by Crippen LogP contribution is 2.22. The molecule has 0 aliphatic carbocycles. The van der Waals surface area contributed by atoms with E-state index in [-0.39, 0.29) is 11.3 Å². The van der Waals surface area contributed by atoms with Gasteiger partial charge in [0.25, 0.3) is 0 Å². The number of aromatic amines is 1. The van der Waals surface area contributed by atoms with Crippen molar-refractivity contribution in [2.24, 2.45) is 5.73 Å². The Hall–Kier alpha value is -2.59. The summed E-state index contributed by atoms with van der Waals surface area (Å²) in [5.41, 5.74) is 9.33.